The second-order valence-corrected chi connectivity index (χ2v) is 5.02. The minimum absolute atomic E-state index is 0.0109. The van der Waals surface area contributed by atoms with Crippen molar-refractivity contribution < 1.29 is 9.59 Å². The van der Waals surface area contributed by atoms with Crippen LogP contribution in [0.4, 0.5) is 5.69 Å². The van der Waals surface area contributed by atoms with Crippen LogP contribution in [0.1, 0.15) is 32.3 Å². The van der Waals surface area contributed by atoms with E-state index in [1.807, 2.05) is 38.1 Å². The molecule has 1 aromatic carbocycles. The second-order valence-electron chi connectivity index (χ2n) is 5.02. The Morgan fingerprint density at radius 1 is 1.26 bits per heavy atom. The molecule has 0 aromatic heterocycles. The molecule has 2 rings (SSSR count). The predicted molar refractivity (Wildman–Crippen MR) is 75.0 cm³/mol. The van der Waals surface area contributed by atoms with Gasteiger partial charge in [0, 0.05) is 5.69 Å². The number of nitrogens with one attached hydrogen (secondary N) is 1. The van der Waals surface area contributed by atoms with Gasteiger partial charge in [0.2, 0.25) is 11.8 Å². The Labute approximate surface area is 113 Å². The monoisotopic (exact) mass is 260 g/mol. The highest BCUT2D eigenvalue weighted by Gasteiger charge is 2.38. The highest BCUT2D eigenvalue weighted by Crippen LogP contribution is 2.25. The van der Waals surface area contributed by atoms with E-state index in [0.717, 1.165) is 17.7 Å². The third-order valence-corrected chi connectivity index (χ3v) is 3.57. The summed E-state index contributed by atoms with van der Waals surface area (Å²) in [4.78, 5) is 26.2. The SMILES string of the molecule is CCCC1NC(=O)C(C)N(c2ccccc2C)C1=O. The van der Waals surface area contributed by atoms with E-state index in [-0.39, 0.29) is 11.8 Å². The Balaban J connectivity index is 2.38. The number of piperazine rings is 1. The number of hydrogen-bond donors (Lipinski definition) is 1. The van der Waals surface area contributed by atoms with Crippen molar-refractivity contribution in [2.75, 3.05) is 4.90 Å². The van der Waals surface area contributed by atoms with E-state index in [2.05, 4.69) is 5.32 Å². The number of para-hydroxylation sites is 1. The predicted octanol–water partition coefficient (Wildman–Crippen LogP) is 2.02. The quantitative estimate of drug-likeness (QED) is 0.904. The molecule has 1 N–H and O–H groups in total. The van der Waals surface area contributed by atoms with Crippen LogP contribution >= 0.6 is 0 Å². The van der Waals surface area contributed by atoms with Crippen molar-refractivity contribution in [2.45, 2.75) is 45.7 Å². The normalized spacial score (nSPS) is 23.4. The fraction of sp³-hybridized carbons (Fsp3) is 0.467. The molecule has 0 bridgehead atoms. The first-order valence-corrected chi connectivity index (χ1v) is 6.75. The fourth-order valence-corrected chi connectivity index (χ4v) is 2.48. The molecule has 0 saturated carbocycles. The molecular formula is C15H20N2O2. The van der Waals surface area contributed by atoms with Gasteiger partial charge in [-0.25, -0.2) is 0 Å². The van der Waals surface area contributed by atoms with Gasteiger partial charge in [-0.15, -0.1) is 0 Å². The average molecular weight is 260 g/mol. The summed E-state index contributed by atoms with van der Waals surface area (Å²) in [5, 5.41) is 2.81. The maximum atomic E-state index is 12.5. The van der Waals surface area contributed by atoms with Crippen molar-refractivity contribution in [3.63, 3.8) is 0 Å². The highest BCUT2D eigenvalue weighted by atomic mass is 16.2. The van der Waals surface area contributed by atoms with Gasteiger partial charge in [0.1, 0.15) is 12.1 Å². The first-order valence-electron chi connectivity index (χ1n) is 6.75. The minimum Gasteiger partial charge on any atom is -0.342 e. The Bertz CT molecular complexity index is 499. The van der Waals surface area contributed by atoms with Gasteiger partial charge in [-0.3, -0.25) is 14.5 Å². The molecule has 1 saturated heterocycles. The van der Waals surface area contributed by atoms with Crippen LogP contribution in [0.5, 0.6) is 0 Å². The maximum absolute atomic E-state index is 12.5. The van der Waals surface area contributed by atoms with Crippen LogP contribution in [0, 0.1) is 6.92 Å². The van der Waals surface area contributed by atoms with Crippen molar-refractivity contribution in [3.05, 3.63) is 29.8 Å². The van der Waals surface area contributed by atoms with E-state index >= 15 is 0 Å². The number of nitrogens with zero attached hydrogens (tertiary/aromatic N) is 1. The van der Waals surface area contributed by atoms with E-state index in [0.29, 0.717) is 6.42 Å². The zero-order valence-corrected chi connectivity index (χ0v) is 11.6. The Morgan fingerprint density at radius 2 is 1.95 bits per heavy atom. The van der Waals surface area contributed by atoms with Crippen molar-refractivity contribution >= 4 is 17.5 Å². The third-order valence-electron chi connectivity index (χ3n) is 3.57. The molecule has 1 heterocycles. The fourth-order valence-electron chi connectivity index (χ4n) is 2.48. The topological polar surface area (TPSA) is 49.4 Å². The molecule has 2 atom stereocenters. The van der Waals surface area contributed by atoms with Crippen LogP contribution in [0.15, 0.2) is 24.3 Å². The number of amides is 2. The lowest BCUT2D eigenvalue weighted by Gasteiger charge is -2.38. The van der Waals surface area contributed by atoms with Gasteiger partial charge in [0.25, 0.3) is 0 Å². The van der Waals surface area contributed by atoms with Crippen LogP contribution in [0.2, 0.25) is 0 Å². The summed E-state index contributed by atoms with van der Waals surface area (Å²) < 4.78 is 0. The first kappa shape index (κ1) is 13.6. The van der Waals surface area contributed by atoms with Crippen LogP contribution in [-0.4, -0.2) is 23.9 Å². The summed E-state index contributed by atoms with van der Waals surface area (Å²) >= 11 is 0. The minimum atomic E-state index is -0.457. The van der Waals surface area contributed by atoms with Gasteiger partial charge in [0.05, 0.1) is 0 Å². The Kier molecular flexibility index (Phi) is 3.88. The smallest absolute Gasteiger partial charge is 0.250 e. The van der Waals surface area contributed by atoms with Crippen molar-refractivity contribution in [3.8, 4) is 0 Å². The van der Waals surface area contributed by atoms with Crippen molar-refractivity contribution in [2.24, 2.45) is 0 Å². The Morgan fingerprint density at radius 3 is 2.58 bits per heavy atom. The molecular weight excluding hydrogens is 240 g/mol. The maximum Gasteiger partial charge on any atom is 0.250 e. The molecule has 0 aliphatic carbocycles. The summed E-state index contributed by atoms with van der Waals surface area (Å²) in [6.07, 6.45) is 1.55. The molecule has 1 aliphatic heterocycles. The van der Waals surface area contributed by atoms with Gasteiger partial charge < -0.3 is 5.32 Å². The van der Waals surface area contributed by atoms with E-state index in [4.69, 9.17) is 0 Å². The second kappa shape index (κ2) is 5.43. The summed E-state index contributed by atoms with van der Waals surface area (Å²) in [7, 11) is 0. The molecule has 2 amide bonds. The number of anilines is 1. The number of benzene rings is 1. The molecule has 19 heavy (non-hydrogen) atoms. The number of carbonyl (C=O) groups is 2. The molecule has 0 radical (unpaired) electrons. The third kappa shape index (κ3) is 2.48. The van der Waals surface area contributed by atoms with E-state index in [1.165, 1.54) is 0 Å². The summed E-state index contributed by atoms with van der Waals surface area (Å²) in [5.74, 6) is -0.0930. The molecule has 1 fully saturated rings. The molecule has 4 nitrogen and oxygen atoms in total. The van der Waals surface area contributed by atoms with E-state index in [9.17, 15) is 9.59 Å². The van der Waals surface area contributed by atoms with E-state index < -0.39 is 12.1 Å². The van der Waals surface area contributed by atoms with Crippen LogP contribution in [0.25, 0.3) is 0 Å². The zero-order valence-electron chi connectivity index (χ0n) is 11.6. The summed E-state index contributed by atoms with van der Waals surface area (Å²) in [5.41, 5.74) is 1.84. The largest absolute Gasteiger partial charge is 0.342 e. The van der Waals surface area contributed by atoms with Gasteiger partial charge >= 0.3 is 0 Å². The standard InChI is InChI=1S/C15H20N2O2/c1-4-7-12-15(19)17(11(3)14(18)16-12)13-9-6-5-8-10(13)2/h5-6,8-9,11-12H,4,7H2,1-3H3,(H,16,18). The van der Waals surface area contributed by atoms with Gasteiger partial charge in [-0.2, -0.15) is 0 Å². The van der Waals surface area contributed by atoms with Gasteiger partial charge in [0.15, 0.2) is 0 Å². The molecule has 0 spiro atoms. The molecule has 4 heteroatoms. The highest BCUT2D eigenvalue weighted by molar-refractivity contribution is 6.08. The van der Waals surface area contributed by atoms with Crippen LogP contribution < -0.4 is 10.2 Å². The van der Waals surface area contributed by atoms with Crippen LogP contribution in [-0.2, 0) is 9.59 Å². The lowest BCUT2D eigenvalue weighted by atomic mass is 10.0. The van der Waals surface area contributed by atoms with Crippen LogP contribution in [0.3, 0.4) is 0 Å². The number of rotatable bonds is 3. The Hall–Kier alpha value is -1.84. The van der Waals surface area contributed by atoms with Gasteiger partial charge in [-0.1, -0.05) is 31.5 Å². The number of carbonyl (C=O) groups excluding carboxylic acids is 2. The molecule has 102 valence electrons. The summed E-state index contributed by atoms with van der Waals surface area (Å²) in [6.45, 7) is 5.73. The first-order chi connectivity index (χ1) is 9.06. The van der Waals surface area contributed by atoms with Gasteiger partial charge in [-0.05, 0) is 31.9 Å². The zero-order chi connectivity index (χ0) is 14.0. The lowest BCUT2D eigenvalue weighted by Crippen LogP contribution is -2.62. The number of aryl methyl sites for hydroxylation is 1. The van der Waals surface area contributed by atoms with Crippen molar-refractivity contribution in [1.29, 1.82) is 0 Å². The van der Waals surface area contributed by atoms with E-state index in [1.54, 1.807) is 11.8 Å². The summed E-state index contributed by atoms with van der Waals surface area (Å²) in [6, 6.07) is 6.82. The van der Waals surface area contributed by atoms with Crippen molar-refractivity contribution in [1.82, 2.24) is 5.32 Å². The molecule has 1 aromatic rings. The molecule has 2 unspecified atom stereocenters. The average Bonchev–Trinajstić information content (AvgIpc) is 2.38. The number of hydrogen-bond acceptors (Lipinski definition) is 2. The molecule has 1 aliphatic rings. The lowest BCUT2D eigenvalue weighted by molar-refractivity contribution is -0.133.